The van der Waals surface area contributed by atoms with Crippen LogP contribution in [0.1, 0.15) is 12.5 Å². The zero-order valence-electron chi connectivity index (χ0n) is 31.4. The molecule has 0 amide bonds. The van der Waals surface area contributed by atoms with Gasteiger partial charge in [-0.15, -0.1) is 0 Å². The molecule has 2 heterocycles. The first-order chi connectivity index (χ1) is 28.1. The summed E-state index contributed by atoms with van der Waals surface area (Å²) >= 11 is 0. The maximum Gasteiger partial charge on any atom is 0.164 e. The average molecular weight is 732 g/mol. The molecule has 9 rings (SSSR count). The molecule has 2 aromatic heterocycles. The highest BCUT2D eigenvalue weighted by molar-refractivity contribution is 5.88. The minimum Gasteiger partial charge on any atom is -0.264 e. The topological polar surface area (TPSA) is 63.9 Å². The molecule has 57 heavy (non-hydrogen) atoms. The van der Waals surface area contributed by atoms with Crippen molar-refractivity contribution in [3.8, 4) is 78.7 Å². The molecule has 0 saturated heterocycles. The first-order valence-corrected chi connectivity index (χ1v) is 18.9. The van der Waals surface area contributed by atoms with Crippen molar-refractivity contribution < 1.29 is 0 Å². The lowest BCUT2D eigenvalue weighted by Gasteiger charge is -2.14. The molecule has 0 aliphatic heterocycles. The quantitative estimate of drug-likeness (QED) is 0.139. The lowest BCUT2D eigenvalue weighted by atomic mass is 9.94. The summed E-state index contributed by atoms with van der Waals surface area (Å²) in [5.74, 6) is 1.76. The molecule has 270 valence electrons. The molecule has 0 bridgehead atoms. The van der Waals surface area contributed by atoms with Crippen molar-refractivity contribution in [2.24, 2.45) is 4.99 Å². The summed E-state index contributed by atoms with van der Waals surface area (Å²) in [6.45, 7) is 5.87. The monoisotopic (exact) mass is 731 g/mol. The number of hydrogen-bond donors (Lipinski definition) is 0. The highest BCUT2D eigenvalue weighted by Gasteiger charge is 2.16. The number of allylic oxidation sites excluding steroid dienone is 1. The number of nitrogens with zero attached hydrogens (tertiary/aromatic N) is 5. The molecular weight excluding hydrogens is 695 g/mol. The van der Waals surface area contributed by atoms with E-state index in [1.54, 1.807) is 0 Å². The van der Waals surface area contributed by atoms with Gasteiger partial charge in [0.1, 0.15) is 0 Å². The normalized spacial score (nSPS) is 11.2. The largest absolute Gasteiger partial charge is 0.264 e. The average Bonchev–Trinajstić information content (AvgIpc) is 3.29. The second kappa shape index (κ2) is 15.6. The van der Waals surface area contributed by atoms with Gasteiger partial charge in [-0.3, -0.25) is 9.98 Å². The lowest BCUT2D eigenvalue weighted by molar-refractivity contribution is 1.07. The molecule has 7 aromatic carbocycles. The summed E-state index contributed by atoms with van der Waals surface area (Å²) in [6, 6.07) is 60.8. The fraction of sp³-hybridized carbons (Fsp3) is 0.0192. The van der Waals surface area contributed by atoms with Gasteiger partial charge in [0.05, 0.1) is 11.2 Å². The molecule has 0 radical (unpaired) electrons. The van der Waals surface area contributed by atoms with Crippen LogP contribution in [0.15, 0.2) is 193 Å². The molecule has 0 spiro atoms. The Labute approximate surface area is 332 Å². The number of rotatable bonds is 9. The third kappa shape index (κ3) is 7.42. The van der Waals surface area contributed by atoms with E-state index in [1.807, 2.05) is 43.5 Å². The SMILES string of the molecule is C=Nc1cc(-c2cc(-c3ccc4cccnc4c3)cc(-c3nc(-c4ccc(-c5ccccc5)cc4)nc(-c4ccc(-c5ccccc5)cc4)n3)c2)ccc1/C=C\C. The number of aromatic nitrogens is 4. The van der Waals surface area contributed by atoms with E-state index < -0.39 is 0 Å². The van der Waals surface area contributed by atoms with E-state index in [0.717, 1.165) is 83.4 Å². The van der Waals surface area contributed by atoms with Gasteiger partial charge in [-0.05, 0) is 100 Å². The van der Waals surface area contributed by atoms with Gasteiger partial charge in [-0.1, -0.05) is 152 Å². The summed E-state index contributed by atoms with van der Waals surface area (Å²) in [7, 11) is 0. The zero-order valence-corrected chi connectivity index (χ0v) is 31.4. The van der Waals surface area contributed by atoms with Crippen LogP contribution in [0.3, 0.4) is 0 Å². The van der Waals surface area contributed by atoms with Gasteiger partial charge in [0.2, 0.25) is 0 Å². The smallest absolute Gasteiger partial charge is 0.164 e. The first kappa shape index (κ1) is 35.1. The molecule has 0 saturated carbocycles. The van der Waals surface area contributed by atoms with Crippen LogP contribution < -0.4 is 0 Å². The molecule has 0 unspecified atom stereocenters. The van der Waals surface area contributed by atoms with Crippen LogP contribution in [0.4, 0.5) is 5.69 Å². The Balaban J connectivity index is 1.22. The van der Waals surface area contributed by atoms with Crippen LogP contribution in [0.5, 0.6) is 0 Å². The fourth-order valence-electron chi connectivity index (χ4n) is 7.16. The van der Waals surface area contributed by atoms with Gasteiger partial charge < -0.3 is 0 Å². The molecule has 0 N–H and O–H groups in total. The van der Waals surface area contributed by atoms with Gasteiger partial charge >= 0.3 is 0 Å². The van der Waals surface area contributed by atoms with Gasteiger partial charge in [-0.25, -0.2) is 15.0 Å². The molecule has 0 atom stereocenters. The van der Waals surface area contributed by atoms with Crippen molar-refractivity contribution in [1.82, 2.24) is 19.9 Å². The van der Waals surface area contributed by atoms with E-state index in [1.165, 1.54) is 0 Å². The predicted molar refractivity (Wildman–Crippen MR) is 237 cm³/mol. The maximum atomic E-state index is 5.19. The minimum atomic E-state index is 0.573. The summed E-state index contributed by atoms with van der Waals surface area (Å²) in [6.07, 6.45) is 5.89. The van der Waals surface area contributed by atoms with Gasteiger partial charge in [-0.2, -0.15) is 0 Å². The third-order valence-electron chi connectivity index (χ3n) is 10.1. The number of pyridine rings is 1. The van der Waals surface area contributed by atoms with E-state index in [-0.39, 0.29) is 0 Å². The highest BCUT2D eigenvalue weighted by atomic mass is 15.0. The van der Waals surface area contributed by atoms with Crippen LogP contribution >= 0.6 is 0 Å². The van der Waals surface area contributed by atoms with E-state index in [0.29, 0.717) is 17.5 Å². The molecule has 5 nitrogen and oxygen atoms in total. The van der Waals surface area contributed by atoms with Crippen LogP contribution in [0.25, 0.3) is 95.7 Å². The van der Waals surface area contributed by atoms with Gasteiger partial charge in [0.15, 0.2) is 17.5 Å². The Morgan fingerprint density at radius 1 is 0.421 bits per heavy atom. The summed E-state index contributed by atoms with van der Waals surface area (Å²) in [4.78, 5) is 24.5. The Kier molecular flexibility index (Phi) is 9.61. The molecule has 0 fully saturated rings. The highest BCUT2D eigenvalue weighted by Crippen LogP contribution is 2.36. The van der Waals surface area contributed by atoms with E-state index >= 15 is 0 Å². The molecule has 0 aliphatic carbocycles. The second-order valence-electron chi connectivity index (χ2n) is 13.8. The van der Waals surface area contributed by atoms with Crippen molar-refractivity contribution in [1.29, 1.82) is 0 Å². The fourth-order valence-corrected chi connectivity index (χ4v) is 7.16. The van der Waals surface area contributed by atoms with Crippen LogP contribution in [0.2, 0.25) is 0 Å². The molecule has 0 aliphatic rings. The standard InChI is InChI=1S/C52H37N5/c1-3-11-39-21-27-43(33-48(39)53-2)45-30-46(44-28-22-40-16-10-29-54-49(40)34-44)32-47(31-45)52-56-50(41-23-17-37(18-24-41)35-12-6-4-7-13-35)55-51(57-52)42-25-19-38(20-26-42)36-14-8-5-9-15-36/h3-34H,2H2,1H3/b11-3-. The maximum absolute atomic E-state index is 5.19. The number of hydrogen-bond acceptors (Lipinski definition) is 5. The minimum absolute atomic E-state index is 0.573. The van der Waals surface area contributed by atoms with E-state index in [2.05, 4.69) is 174 Å². The number of aliphatic imine (C=N–C) groups is 1. The van der Waals surface area contributed by atoms with Crippen LogP contribution in [0, 0.1) is 0 Å². The summed E-state index contributed by atoms with van der Waals surface area (Å²) in [5, 5.41) is 1.09. The van der Waals surface area contributed by atoms with Crippen LogP contribution in [-0.2, 0) is 0 Å². The van der Waals surface area contributed by atoms with E-state index in [9.17, 15) is 0 Å². The number of benzene rings is 7. The van der Waals surface area contributed by atoms with Crippen molar-refractivity contribution in [2.75, 3.05) is 0 Å². The van der Waals surface area contributed by atoms with Crippen molar-refractivity contribution in [3.05, 3.63) is 194 Å². The van der Waals surface area contributed by atoms with Crippen LogP contribution in [-0.4, -0.2) is 26.7 Å². The van der Waals surface area contributed by atoms with Crippen molar-refractivity contribution in [3.63, 3.8) is 0 Å². The third-order valence-corrected chi connectivity index (χ3v) is 10.1. The zero-order chi connectivity index (χ0) is 38.6. The Morgan fingerprint density at radius 2 is 0.895 bits per heavy atom. The molecule has 9 aromatic rings. The first-order valence-electron chi connectivity index (χ1n) is 18.9. The summed E-state index contributed by atoms with van der Waals surface area (Å²) in [5.41, 5.74) is 14.1. The molecular formula is C52H37N5. The Hall–Kier alpha value is -7.63. The van der Waals surface area contributed by atoms with E-state index in [4.69, 9.17) is 15.0 Å². The molecule has 5 heteroatoms. The van der Waals surface area contributed by atoms with Crippen molar-refractivity contribution in [2.45, 2.75) is 6.92 Å². The van der Waals surface area contributed by atoms with Crippen molar-refractivity contribution >= 4 is 29.4 Å². The Bertz CT molecular complexity index is 2800. The predicted octanol–water partition coefficient (Wildman–Crippen LogP) is 13.5. The Morgan fingerprint density at radius 3 is 1.46 bits per heavy atom. The summed E-state index contributed by atoms with van der Waals surface area (Å²) < 4.78 is 0. The van der Waals surface area contributed by atoms with Gasteiger partial charge in [0, 0.05) is 28.3 Å². The second-order valence-corrected chi connectivity index (χ2v) is 13.8. The van der Waals surface area contributed by atoms with Gasteiger partial charge in [0.25, 0.3) is 0 Å². The lowest BCUT2D eigenvalue weighted by Crippen LogP contribution is -2.01. The number of fused-ring (bicyclic) bond motifs is 1.